The number of nitrogens with two attached hydrogens (primary N) is 1. The third-order valence-electron chi connectivity index (χ3n) is 2.87. The second-order valence-electron chi connectivity index (χ2n) is 4.34. The van der Waals surface area contributed by atoms with E-state index in [0.717, 1.165) is 12.0 Å². The van der Waals surface area contributed by atoms with Gasteiger partial charge in [-0.15, -0.1) is 0 Å². The van der Waals surface area contributed by atoms with Crippen LogP contribution in [0.3, 0.4) is 0 Å². The number of nitrogens with zero attached hydrogens (tertiary/aromatic N) is 2. The first-order chi connectivity index (χ1) is 8.60. The van der Waals surface area contributed by atoms with Crippen LogP contribution in [0.4, 0.5) is 4.39 Å². The summed E-state index contributed by atoms with van der Waals surface area (Å²) >= 11 is 0. The molecule has 1 heterocycles. The first-order valence-corrected chi connectivity index (χ1v) is 5.95. The summed E-state index contributed by atoms with van der Waals surface area (Å²) in [6.07, 6.45) is 1.38. The Morgan fingerprint density at radius 3 is 2.94 bits per heavy atom. The number of aromatic nitrogens is 2. The number of benzene rings is 1. The van der Waals surface area contributed by atoms with Crippen molar-refractivity contribution in [3.63, 3.8) is 0 Å². The molecule has 1 unspecified atom stereocenters. The first kappa shape index (κ1) is 12.7. The predicted molar refractivity (Wildman–Crippen MR) is 66.4 cm³/mol. The van der Waals surface area contributed by atoms with Crippen LogP contribution in [0.15, 0.2) is 22.7 Å². The molecule has 0 amide bonds. The minimum absolute atomic E-state index is 0.00639. The molecule has 0 saturated carbocycles. The van der Waals surface area contributed by atoms with Gasteiger partial charge in [0.05, 0.1) is 0 Å². The van der Waals surface area contributed by atoms with Crippen LogP contribution >= 0.6 is 0 Å². The van der Waals surface area contributed by atoms with Crippen molar-refractivity contribution >= 4 is 0 Å². The molecule has 0 bridgehead atoms. The number of halogens is 1. The molecule has 0 aliphatic rings. The average Bonchev–Trinajstić information content (AvgIpc) is 2.80. The first-order valence-electron chi connectivity index (χ1n) is 5.95. The van der Waals surface area contributed by atoms with Crippen molar-refractivity contribution in [1.29, 1.82) is 0 Å². The third kappa shape index (κ3) is 2.73. The lowest BCUT2D eigenvalue weighted by molar-refractivity contribution is 0.368. The Balaban J connectivity index is 2.26. The average molecular weight is 249 g/mol. The van der Waals surface area contributed by atoms with Gasteiger partial charge in [-0.1, -0.05) is 18.1 Å². The molecule has 4 nitrogen and oxygen atoms in total. The zero-order chi connectivity index (χ0) is 13.1. The monoisotopic (exact) mass is 249 g/mol. The van der Waals surface area contributed by atoms with Gasteiger partial charge in [-0.3, -0.25) is 0 Å². The van der Waals surface area contributed by atoms with Crippen LogP contribution in [-0.4, -0.2) is 16.2 Å². The van der Waals surface area contributed by atoms with Crippen molar-refractivity contribution < 1.29 is 8.91 Å². The summed E-state index contributed by atoms with van der Waals surface area (Å²) in [5, 5.41) is 3.87. The van der Waals surface area contributed by atoms with E-state index < -0.39 is 0 Å². The van der Waals surface area contributed by atoms with Crippen LogP contribution in [0.1, 0.15) is 24.8 Å². The molecule has 2 rings (SSSR count). The Morgan fingerprint density at radius 2 is 2.22 bits per heavy atom. The highest BCUT2D eigenvalue weighted by atomic mass is 19.1. The fourth-order valence-electron chi connectivity index (χ4n) is 1.65. The Morgan fingerprint density at radius 1 is 1.44 bits per heavy atom. The molecule has 2 N–H and O–H groups in total. The molecule has 96 valence electrons. The van der Waals surface area contributed by atoms with E-state index >= 15 is 0 Å². The highest BCUT2D eigenvalue weighted by Gasteiger charge is 2.13. The van der Waals surface area contributed by atoms with E-state index in [4.69, 9.17) is 10.3 Å². The van der Waals surface area contributed by atoms with Crippen LogP contribution in [0.2, 0.25) is 0 Å². The second kappa shape index (κ2) is 5.27. The van der Waals surface area contributed by atoms with Gasteiger partial charge in [-0.25, -0.2) is 4.39 Å². The highest BCUT2D eigenvalue weighted by molar-refractivity contribution is 5.59. The molecule has 5 heteroatoms. The lowest BCUT2D eigenvalue weighted by atomic mass is 10.1. The Hall–Kier alpha value is -1.75. The number of hydrogen-bond acceptors (Lipinski definition) is 4. The molecule has 1 aromatic heterocycles. The van der Waals surface area contributed by atoms with Gasteiger partial charge in [-0.2, -0.15) is 4.98 Å². The minimum Gasteiger partial charge on any atom is -0.339 e. The Kier molecular flexibility index (Phi) is 3.72. The van der Waals surface area contributed by atoms with Crippen molar-refractivity contribution in [2.45, 2.75) is 32.7 Å². The van der Waals surface area contributed by atoms with Crippen molar-refractivity contribution in [2.75, 3.05) is 0 Å². The van der Waals surface area contributed by atoms with Crippen LogP contribution in [0.25, 0.3) is 11.4 Å². The van der Waals surface area contributed by atoms with E-state index in [2.05, 4.69) is 10.1 Å². The van der Waals surface area contributed by atoms with Gasteiger partial charge in [0.25, 0.3) is 0 Å². The van der Waals surface area contributed by atoms with E-state index in [1.165, 1.54) is 12.1 Å². The largest absolute Gasteiger partial charge is 0.339 e. The normalized spacial score (nSPS) is 12.7. The van der Waals surface area contributed by atoms with Crippen LogP contribution in [0.5, 0.6) is 0 Å². The van der Waals surface area contributed by atoms with Crippen LogP contribution in [0, 0.1) is 12.7 Å². The SMILES string of the molecule is CCC(N)Cc1nc(-c2cc(F)ccc2C)no1. The molecule has 0 radical (unpaired) electrons. The van der Waals surface area contributed by atoms with E-state index in [9.17, 15) is 4.39 Å². The molecule has 0 fully saturated rings. The number of aryl methyl sites for hydroxylation is 1. The summed E-state index contributed by atoms with van der Waals surface area (Å²) < 4.78 is 18.3. The zero-order valence-corrected chi connectivity index (χ0v) is 10.5. The zero-order valence-electron chi connectivity index (χ0n) is 10.5. The summed E-state index contributed by atoms with van der Waals surface area (Å²) in [6.45, 7) is 3.88. The maximum Gasteiger partial charge on any atom is 0.228 e. The fourth-order valence-corrected chi connectivity index (χ4v) is 1.65. The lowest BCUT2D eigenvalue weighted by Gasteiger charge is -2.02. The lowest BCUT2D eigenvalue weighted by Crippen LogP contribution is -2.21. The van der Waals surface area contributed by atoms with E-state index in [0.29, 0.717) is 23.7 Å². The molecule has 0 saturated heterocycles. The molecule has 2 aromatic rings. The molecule has 18 heavy (non-hydrogen) atoms. The molecular weight excluding hydrogens is 233 g/mol. The van der Waals surface area contributed by atoms with E-state index in [1.54, 1.807) is 6.07 Å². The second-order valence-corrected chi connectivity index (χ2v) is 4.34. The summed E-state index contributed by atoms with van der Waals surface area (Å²) in [5.41, 5.74) is 7.37. The summed E-state index contributed by atoms with van der Waals surface area (Å²) in [4.78, 5) is 4.25. The van der Waals surface area contributed by atoms with Crippen LogP contribution < -0.4 is 5.73 Å². The molecule has 0 aliphatic carbocycles. The quantitative estimate of drug-likeness (QED) is 0.904. The van der Waals surface area contributed by atoms with E-state index in [-0.39, 0.29) is 11.9 Å². The molecule has 1 atom stereocenters. The molecule has 0 spiro atoms. The smallest absolute Gasteiger partial charge is 0.228 e. The minimum atomic E-state index is -0.313. The molecule has 0 aliphatic heterocycles. The Labute approximate surface area is 105 Å². The van der Waals surface area contributed by atoms with Crippen molar-refractivity contribution in [3.05, 3.63) is 35.5 Å². The van der Waals surface area contributed by atoms with Gasteiger partial charge in [0.15, 0.2) is 0 Å². The summed E-state index contributed by atoms with van der Waals surface area (Å²) in [6, 6.07) is 4.52. The number of rotatable bonds is 4. The van der Waals surface area contributed by atoms with Gasteiger partial charge < -0.3 is 10.3 Å². The van der Waals surface area contributed by atoms with Gasteiger partial charge in [-0.05, 0) is 31.0 Å². The topological polar surface area (TPSA) is 64.9 Å². The highest BCUT2D eigenvalue weighted by Crippen LogP contribution is 2.21. The maximum absolute atomic E-state index is 13.2. The maximum atomic E-state index is 13.2. The standard InChI is InChI=1S/C13H16FN3O/c1-3-10(15)7-12-16-13(17-18-12)11-6-9(14)5-4-8(11)2/h4-6,10H,3,7,15H2,1-2H3. The van der Waals surface area contributed by atoms with Crippen molar-refractivity contribution in [1.82, 2.24) is 10.1 Å². The van der Waals surface area contributed by atoms with Crippen molar-refractivity contribution in [2.24, 2.45) is 5.73 Å². The van der Waals surface area contributed by atoms with Crippen LogP contribution in [-0.2, 0) is 6.42 Å². The summed E-state index contributed by atoms with van der Waals surface area (Å²) in [7, 11) is 0. The van der Waals surface area contributed by atoms with Crippen molar-refractivity contribution in [3.8, 4) is 11.4 Å². The van der Waals surface area contributed by atoms with Gasteiger partial charge in [0.1, 0.15) is 5.82 Å². The predicted octanol–water partition coefficient (Wildman–Crippen LogP) is 2.46. The summed E-state index contributed by atoms with van der Waals surface area (Å²) in [5.74, 6) is 0.584. The van der Waals surface area contributed by atoms with Gasteiger partial charge in [0.2, 0.25) is 11.7 Å². The van der Waals surface area contributed by atoms with Gasteiger partial charge in [0, 0.05) is 18.0 Å². The van der Waals surface area contributed by atoms with Gasteiger partial charge >= 0.3 is 0 Å². The van der Waals surface area contributed by atoms with E-state index in [1.807, 2.05) is 13.8 Å². The Bertz CT molecular complexity index is 539. The third-order valence-corrected chi connectivity index (χ3v) is 2.87. The number of hydrogen-bond donors (Lipinski definition) is 1. The fraction of sp³-hybridized carbons (Fsp3) is 0.385. The molecular formula is C13H16FN3O. The molecule has 1 aromatic carbocycles.